The lowest BCUT2D eigenvalue weighted by atomic mass is 10.2. The zero-order chi connectivity index (χ0) is 12.3. The Bertz CT molecular complexity index is 572. The van der Waals surface area contributed by atoms with Gasteiger partial charge in [-0.2, -0.15) is 5.26 Å². The van der Waals surface area contributed by atoms with Crippen molar-refractivity contribution in [3.05, 3.63) is 46.3 Å². The number of benzene rings is 1. The number of nitrogens with zero attached hydrogens (tertiary/aromatic N) is 3. The molecule has 5 heteroatoms. The van der Waals surface area contributed by atoms with Gasteiger partial charge in [0.25, 0.3) is 0 Å². The van der Waals surface area contributed by atoms with E-state index in [0.717, 1.165) is 15.7 Å². The lowest BCUT2D eigenvalue weighted by Gasteiger charge is -2.09. The highest BCUT2D eigenvalue weighted by molar-refractivity contribution is 9.10. The molecule has 0 unspecified atom stereocenters. The average Bonchev–Trinajstić information content (AvgIpc) is 2.36. The molecule has 0 saturated heterocycles. The van der Waals surface area contributed by atoms with Crippen molar-refractivity contribution >= 4 is 27.4 Å². The van der Waals surface area contributed by atoms with Gasteiger partial charge < -0.3 is 5.32 Å². The third-order valence-electron chi connectivity index (χ3n) is 2.30. The molecule has 1 N–H and O–H groups in total. The van der Waals surface area contributed by atoms with E-state index in [1.54, 1.807) is 6.20 Å². The van der Waals surface area contributed by atoms with Crippen LogP contribution in [-0.4, -0.2) is 9.97 Å². The van der Waals surface area contributed by atoms with E-state index in [1.165, 1.54) is 6.20 Å². The molecule has 0 aliphatic carbocycles. The minimum absolute atomic E-state index is 0.307. The maximum atomic E-state index is 8.62. The molecule has 4 nitrogen and oxygen atoms in total. The second-order valence-electron chi connectivity index (χ2n) is 3.44. The molecule has 0 bridgehead atoms. The Morgan fingerprint density at radius 2 is 2.12 bits per heavy atom. The van der Waals surface area contributed by atoms with E-state index in [0.29, 0.717) is 11.5 Å². The largest absolute Gasteiger partial charge is 0.339 e. The summed E-state index contributed by atoms with van der Waals surface area (Å²) in [5.74, 6) is 0.616. The molecule has 2 rings (SSSR count). The van der Waals surface area contributed by atoms with Crippen molar-refractivity contribution in [2.24, 2.45) is 0 Å². The summed E-state index contributed by atoms with van der Waals surface area (Å²) in [6.07, 6.45) is 2.98. The first-order valence-electron chi connectivity index (χ1n) is 4.95. The number of hydrogen-bond acceptors (Lipinski definition) is 4. The normalized spacial score (nSPS) is 9.71. The Kier molecular flexibility index (Phi) is 3.35. The molecule has 0 atom stereocenters. The highest BCUT2D eigenvalue weighted by Gasteiger charge is 2.03. The van der Waals surface area contributed by atoms with Crippen LogP contribution in [0.2, 0.25) is 0 Å². The molecule has 0 radical (unpaired) electrons. The molecular formula is C12H9BrN4. The summed E-state index contributed by atoms with van der Waals surface area (Å²) in [5.41, 5.74) is 2.36. The van der Waals surface area contributed by atoms with Crippen LogP contribution in [0.3, 0.4) is 0 Å². The van der Waals surface area contributed by atoms with E-state index >= 15 is 0 Å². The zero-order valence-corrected chi connectivity index (χ0v) is 10.7. The van der Waals surface area contributed by atoms with Crippen molar-refractivity contribution in [3.8, 4) is 6.07 Å². The van der Waals surface area contributed by atoms with Crippen molar-refractivity contribution < 1.29 is 0 Å². The number of nitrogens with one attached hydrogen (secondary N) is 1. The van der Waals surface area contributed by atoms with Gasteiger partial charge in [-0.15, -0.1) is 0 Å². The van der Waals surface area contributed by atoms with Crippen LogP contribution in [0.25, 0.3) is 0 Å². The van der Waals surface area contributed by atoms with E-state index in [4.69, 9.17) is 5.26 Å². The first-order valence-corrected chi connectivity index (χ1v) is 5.74. The van der Waals surface area contributed by atoms with E-state index < -0.39 is 0 Å². The lowest BCUT2D eigenvalue weighted by Crippen LogP contribution is -1.97. The van der Waals surface area contributed by atoms with Crippen LogP contribution in [0.4, 0.5) is 11.5 Å². The molecule has 1 heterocycles. The summed E-state index contributed by atoms with van der Waals surface area (Å²) in [6.45, 7) is 2.00. The fourth-order valence-electron chi connectivity index (χ4n) is 1.33. The fourth-order valence-corrected chi connectivity index (χ4v) is 1.70. The number of aromatic nitrogens is 2. The van der Waals surface area contributed by atoms with Crippen LogP contribution in [0, 0.1) is 18.3 Å². The Labute approximate surface area is 107 Å². The monoisotopic (exact) mass is 288 g/mol. The predicted octanol–water partition coefficient (Wildman–Crippen LogP) is 3.16. The van der Waals surface area contributed by atoms with Gasteiger partial charge in [-0.05, 0) is 24.6 Å². The van der Waals surface area contributed by atoms with Crippen molar-refractivity contribution in [1.29, 1.82) is 5.26 Å². The summed E-state index contributed by atoms with van der Waals surface area (Å²) < 4.78 is 1.03. The van der Waals surface area contributed by atoms with Gasteiger partial charge in [0.2, 0.25) is 0 Å². The molecule has 2 aromatic rings. The maximum Gasteiger partial charge on any atom is 0.158 e. The van der Waals surface area contributed by atoms with Gasteiger partial charge in [-0.1, -0.05) is 22.0 Å². The summed E-state index contributed by atoms with van der Waals surface area (Å²) >= 11 is 3.46. The highest BCUT2D eigenvalue weighted by atomic mass is 79.9. The minimum atomic E-state index is 0.307. The maximum absolute atomic E-state index is 8.62. The molecule has 0 saturated carbocycles. The molecule has 1 aromatic carbocycles. The second kappa shape index (κ2) is 4.93. The second-order valence-corrected chi connectivity index (χ2v) is 4.29. The molecule has 0 amide bonds. The number of nitriles is 1. The molecule has 0 aliphatic heterocycles. The number of halogens is 1. The fraction of sp³-hybridized carbons (Fsp3) is 0.0833. The highest BCUT2D eigenvalue weighted by Crippen LogP contribution is 2.25. The first-order chi connectivity index (χ1) is 8.20. The smallest absolute Gasteiger partial charge is 0.158 e. The first kappa shape index (κ1) is 11.6. The Morgan fingerprint density at radius 3 is 2.76 bits per heavy atom. The van der Waals surface area contributed by atoms with Gasteiger partial charge in [0.1, 0.15) is 11.9 Å². The molecule has 1 aromatic heterocycles. The predicted molar refractivity (Wildman–Crippen MR) is 68.9 cm³/mol. The summed E-state index contributed by atoms with van der Waals surface area (Å²) in [6, 6.07) is 7.81. The number of hydrogen-bond donors (Lipinski definition) is 1. The SMILES string of the molecule is Cc1c(Br)cccc1Nc1cnc(C#N)cn1. The molecule has 0 aliphatic rings. The summed E-state index contributed by atoms with van der Waals surface area (Å²) in [5, 5.41) is 11.8. The molecule has 0 fully saturated rings. The van der Waals surface area contributed by atoms with Crippen LogP contribution in [0.5, 0.6) is 0 Å². The van der Waals surface area contributed by atoms with Crippen LogP contribution in [-0.2, 0) is 0 Å². The van der Waals surface area contributed by atoms with E-state index in [1.807, 2.05) is 31.2 Å². The standard InChI is InChI=1S/C12H9BrN4/c1-8-10(13)3-2-4-11(8)17-12-7-15-9(5-14)6-16-12/h2-4,6-7H,1H3,(H,16,17). The molecular weight excluding hydrogens is 280 g/mol. The number of rotatable bonds is 2. The summed E-state index contributed by atoms with van der Waals surface area (Å²) in [7, 11) is 0. The van der Waals surface area contributed by atoms with Gasteiger partial charge in [-0.25, -0.2) is 9.97 Å². The van der Waals surface area contributed by atoms with Gasteiger partial charge in [0.05, 0.1) is 12.4 Å². The van der Waals surface area contributed by atoms with Crippen molar-refractivity contribution in [2.75, 3.05) is 5.32 Å². The van der Waals surface area contributed by atoms with Crippen molar-refractivity contribution in [2.45, 2.75) is 6.92 Å². The number of anilines is 2. The minimum Gasteiger partial charge on any atom is -0.339 e. The van der Waals surface area contributed by atoms with Crippen LogP contribution in [0.1, 0.15) is 11.3 Å². The van der Waals surface area contributed by atoms with Gasteiger partial charge >= 0.3 is 0 Å². The zero-order valence-electron chi connectivity index (χ0n) is 9.11. The average molecular weight is 289 g/mol. The third kappa shape index (κ3) is 2.60. The molecule has 17 heavy (non-hydrogen) atoms. The molecule has 0 spiro atoms. The van der Waals surface area contributed by atoms with Gasteiger partial charge in [0.15, 0.2) is 5.69 Å². The van der Waals surface area contributed by atoms with Crippen LogP contribution < -0.4 is 5.32 Å². The third-order valence-corrected chi connectivity index (χ3v) is 3.16. The van der Waals surface area contributed by atoms with Crippen molar-refractivity contribution in [1.82, 2.24) is 9.97 Å². The van der Waals surface area contributed by atoms with Crippen LogP contribution in [0.15, 0.2) is 35.1 Å². The Balaban J connectivity index is 2.26. The quantitative estimate of drug-likeness (QED) is 0.922. The van der Waals surface area contributed by atoms with Crippen molar-refractivity contribution in [3.63, 3.8) is 0 Å². The topological polar surface area (TPSA) is 61.6 Å². The Morgan fingerprint density at radius 1 is 1.29 bits per heavy atom. The van der Waals surface area contributed by atoms with Gasteiger partial charge in [-0.3, -0.25) is 0 Å². The Hall–Kier alpha value is -1.93. The summed E-state index contributed by atoms with van der Waals surface area (Å²) in [4.78, 5) is 8.05. The molecule has 84 valence electrons. The van der Waals surface area contributed by atoms with E-state index in [2.05, 4.69) is 31.2 Å². The van der Waals surface area contributed by atoms with E-state index in [9.17, 15) is 0 Å². The lowest BCUT2D eigenvalue weighted by molar-refractivity contribution is 1.16. The van der Waals surface area contributed by atoms with E-state index in [-0.39, 0.29) is 0 Å². The van der Waals surface area contributed by atoms with Crippen LogP contribution >= 0.6 is 15.9 Å². The van der Waals surface area contributed by atoms with Gasteiger partial charge in [0, 0.05) is 10.2 Å².